The highest BCUT2D eigenvalue weighted by Crippen LogP contribution is 2.35. The van der Waals surface area contributed by atoms with E-state index in [9.17, 15) is 0 Å². The Morgan fingerprint density at radius 3 is 2.38 bits per heavy atom. The van der Waals surface area contributed by atoms with Crippen LogP contribution in [-0.4, -0.2) is 0 Å². The molecule has 0 aliphatic carbocycles. The zero-order chi connectivity index (χ0) is 14.7. The highest BCUT2D eigenvalue weighted by atomic mass is 35.5. The first-order valence-corrected chi connectivity index (χ1v) is 6.98. The quantitative estimate of drug-likeness (QED) is 0.658. The molecule has 3 heteroatoms. The average molecular weight is 296 g/mol. The minimum absolute atomic E-state index is 0.637. The zero-order valence-corrected chi connectivity index (χ0v) is 12.0. The van der Waals surface area contributed by atoms with Gasteiger partial charge in [-0.2, -0.15) is 0 Å². The van der Waals surface area contributed by atoms with Crippen molar-refractivity contribution in [2.24, 2.45) is 0 Å². The molecule has 0 aromatic heterocycles. The van der Waals surface area contributed by atoms with Crippen molar-refractivity contribution in [3.05, 3.63) is 77.8 Å². The second kappa shape index (κ2) is 5.90. The lowest BCUT2D eigenvalue weighted by atomic mass is 10.0. The van der Waals surface area contributed by atoms with Crippen molar-refractivity contribution in [1.29, 1.82) is 0 Å². The SMILES string of the molecule is Nc1ccc(-c2ccccc2)c(Oc2cccc(Cl)c2)c1. The summed E-state index contributed by atoms with van der Waals surface area (Å²) in [5.41, 5.74) is 8.61. The van der Waals surface area contributed by atoms with Gasteiger partial charge in [0, 0.05) is 22.3 Å². The lowest BCUT2D eigenvalue weighted by molar-refractivity contribution is 0.485. The number of nitrogen functional groups attached to an aromatic ring is 1. The highest BCUT2D eigenvalue weighted by Gasteiger charge is 2.08. The van der Waals surface area contributed by atoms with Crippen LogP contribution in [-0.2, 0) is 0 Å². The summed E-state index contributed by atoms with van der Waals surface area (Å²) in [5.74, 6) is 1.40. The summed E-state index contributed by atoms with van der Waals surface area (Å²) in [4.78, 5) is 0. The zero-order valence-electron chi connectivity index (χ0n) is 11.3. The molecule has 0 saturated heterocycles. The van der Waals surface area contributed by atoms with E-state index in [4.69, 9.17) is 22.1 Å². The molecule has 0 amide bonds. The van der Waals surface area contributed by atoms with Crippen molar-refractivity contribution < 1.29 is 4.74 Å². The van der Waals surface area contributed by atoms with Gasteiger partial charge in [0.05, 0.1) is 0 Å². The molecule has 2 nitrogen and oxygen atoms in total. The molecule has 0 fully saturated rings. The van der Waals surface area contributed by atoms with Crippen LogP contribution in [0.15, 0.2) is 72.8 Å². The monoisotopic (exact) mass is 295 g/mol. The predicted molar refractivity (Wildman–Crippen MR) is 87.8 cm³/mol. The largest absolute Gasteiger partial charge is 0.457 e. The molecule has 0 bridgehead atoms. The third-order valence-electron chi connectivity index (χ3n) is 3.11. The minimum atomic E-state index is 0.637. The lowest BCUT2D eigenvalue weighted by Gasteiger charge is -2.12. The van der Waals surface area contributed by atoms with Crippen LogP contribution in [0.5, 0.6) is 11.5 Å². The van der Waals surface area contributed by atoms with Crippen LogP contribution in [0.4, 0.5) is 5.69 Å². The van der Waals surface area contributed by atoms with Crippen molar-refractivity contribution in [2.45, 2.75) is 0 Å². The number of nitrogens with two attached hydrogens (primary N) is 1. The Morgan fingerprint density at radius 1 is 0.810 bits per heavy atom. The molecule has 104 valence electrons. The second-order valence-electron chi connectivity index (χ2n) is 4.68. The average Bonchev–Trinajstić information content (AvgIpc) is 2.48. The molecule has 0 saturated carbocycles. The van der Waals surface area contributed by atoms with Crippen LogP contribution in [0, 0.1) is 0 Å². The molecule has 3 aromatic carbocycles. The molecular formula is C18H14ClNO. The molecule has 0 unspecified atom stereocenters. The van der Waals surface area contributed by atoms with Gasteiger partial charge in [0.2, 0.25) is 0 Å². The summed E-state index contributed by atoms with van der Waals surface area (Å²) in [7, 11) is 0. The van der Waals surface area contributed by atoms with E-state index < -0.39 is 0 Å². The summed E-state index contributed by atoms with van der Waals surface area (Å²) in [5, 5.41) is 0.637. The first-order valence-electron chi connectivity index (χ1n) is 6.61. The molecule has 0 atom stereocenters. The number of hydrogen-bond donors (Lipinski definition) is 1. The Hall–Kier alpha value is -2.45. The number of halogens is 1. The third-order valence-corrected chi connectivity index (χ3v) is 3.35. The predicted octanol–water partition coefficient (Wildman–Crippen LogP) is 5.38. The van der Waals surface area contributed by atoms with Crippen LogP contribution in [0.2, 0.25) is 5.02 Å². The smallest absolute Gasteiger partial charge is 0.137 e. The molecule has 0 spiro atoms. The summed E-state index contributed by atoms with van der Waals surface area (Å²) < 4.78 is 5.96. The maximum absolute atomic E-state index is 5.99. The van der Waals surface area contributed by atoms with Crippen molar-refractivity contribution >= 4 is 17.3 Å². The van der Waals surface area contributed by atoms with Gasteiger partial charge in [0.25, 0.3) is 0 Å². The van der Waals surface area contributed by atoms with Crippen molar-refractivity contribution in [1.82, 2.24) is 0 Å². The summed E-state index contributed by atoms with van der Waals surface area (Å²) in [6.07, 6.45) is 0. The Bertz CT molecular complexity index is 756. The first kappa shape index (κ1) is 13.5. The molecule has 2 N–H and O–H groups in total. The van der Waals surface area contributed by atoms with Gasteiger partial charge in [-0.25, -0.2) is 0 Å². The van der Waals surface area contributed by atoms with E-state index in [0.29, 0.717) is 22.2 Å². The fraction of sp³-hybridized carbons (Fsp3) is 0. The van der Waals surface area contributed by atoms with Gasteiger partial charge >= 0.3 is 0 Å². The van der Waals surface area contributed by atoms with Crippen molar-refractivity contribution in [3.63, 3.8) is 0 Å². The topological polar surface area (TPSA) is 35.2 Å². The maximum Gasteiger partial charge on any atom is 0.137 e. The number of benzene rings is 3. The van der Waals surface area contributed by atoms with Gasteiger partial charge in [-0.05, 0) is 35.9 Å². The third kappa shape index (κ3) is 3.18. The second-order valence-corrected chi connectivity index (χ2v) is 5.12. The van der Waals surface area contributed by atoms with Crippen LogP contribution < -0.4 is 10.5 Å². The normalized spacial score (nSPS) is 10.3. The Labute approximate surface area is 128 Å². The number of hydrogen-bond acceptors (Lipinski definition) is 2. The van der Waals surface area contributed by atoms with E-state index in [0.717, 1.165) is 11.1 Å². The van der Waals surface area contributed by atoms with E-state index in [-0.39, 0.29) is 0 Å². The highest BCUT2D eigenvalue weighted by molar-refractivity contribution is 6.30. The van der Waals surface area contributed by atoms with E-state index in [1.165, 1.54) is 0 Å². The van der Waals surface area contributed by atoms with Gasteiger partial charge in [-0.1, -0.05) is 48.0 Å². The summed E-state index contributed by atoms with van der Waals surface area (Å²) in [6.45, 7) is 0. The lowest BCUT2D eigenvalue weighted by Crippen LogP contribution is -1.91. The number of ether oxygens (including phenoxy) is 1. The standard InChI is InChI=1S/C18H14ClNO/c19-14-7-4-8-16(11-14)21-18-12-15(20)9-10-17(18)13-5-2-1-3-6-13/h1-12H,20H2. The Kier molecular flexibility index (Phi) is 3.80. The van der Waals surface area contributed by atoms with E-state index in [1.54, 1.807) is 6.07 Å². The minimum Gasteiger partial charge on any atom is -0.457 e. The number of anilines is 1. The molecule has 3 rings (SSSR count). The van der Waals surface area contributed by atoms with E-state index in [2.05, 4.69) is 0 Å². The molecule has 0 aliphatic rings. The molecule has 0 aliphatic heterocycles. The van der Waals surface area contributed by atoms with Crippen LogP contribution in [0.1, 0.15) is 0 Å². The van der Waals surface area contributed by atoms with Crippen molar-refractivity contribution in [2.75, 3.05) is 5.73 Å². The Morgan fingerprint density at radius 2 is 1.62 bits per heavy atom. The van der Waals surface area contributed by atoms with Gasteiger partial charge < -0.3 is 10.5 Å². The van der Waals surface area contributed by atoms with E-state index in [1.807, 2.05) is 66.7 Å². The number of rotatable bonds is 3. The van der Waals surface area contributed by atoms with Crippen LogP contribution >= 0.6 is 11.6 Å². The van der Waals surface area contributed by atoms with Gasteiger partial charge in [0.15, 0.2) is 0 Å². The molecule has 21 heavy (non-hydrogen) atoms. The van der Waals surface area contributed by atoms with Crippen LogP contribution in [0.25, 0.3) is 11.1 Å². The van der Waals surface area contributed by atoms with Crippen LogP contribution in [0.3, 0.4) is 0 Å². The van der Waals surface area contributed by atoms with Gasteiger partial charge in [-0.3, -0.25) is 0 Å². The molecule has 0 radical (unpaired) electrons. The summed E-state index contributed by atoms with van der Waals surface area (Å²) >= 11 is 5.99. The van der Waals surface area contributed by atoms with Crippen molar-refractivity contribution in [3.8, 4) is 22.6 Å². The molecule has 3 aromatic rings. The molecular weight excluding hydrogens is 282 g/mol. The van der Waals surface area contributed by atoms with Gasteiger partial charge in [0.1, 0.15) is 11.5 Å². The van der Waals surface area contributed by atoms with E-state index >= 15 is 0 Å². The Balaban J connectivity index is 2.03. The first-order chi connectivity index (χ1) is 10.2. The van der Waals surface area contributed by atoms with Gasteiger partial charge in [-0.15, -0.1) is 0 Å². The molecule has 0 heterocycles. The summed E-state index contributed by atoms with van der Waals surface area (Å²) in [6, 6.07) is 23.0. The fourth-order valence-corrected chi connectivity index (χ4v) is 2.32. The fourth-order valence-electron chi connectivity index (χ4n) is 2.14. The maximum atomic E-state index is 5.99.